The van der Waals surface area contributed by atoms with Gasteiger partial charge in [-0.2, -0.15) is 4.21 Å². The van der Waals surface area contributed by atoms with E-state index in [1.54, 1.807) is 0 Å². The van der Waals surface area contributed by atoms with Crippen LogP contribution in [0.4, 0.5) is 0 Å². The van der Waals surface area contributed by atoms with Gasteiger partial charge in [0.05, 0.1) is 0 Å². The molecule has 0 spiro atoms. The van der Waals surface area contributed by atoms with Crippen LogP contribution in [0.5, 0.6) is 0 Å². The molecule has 14 heteroatoms. The minimum atomic E-state index is -3.83. The van der Waals surface area contributed by atoms with E-state index >= 15 is 0 Å². The summed E-state index contributed by atoms with van der Waals surface area (Å²) in [6, 6.07) is 0. The molecular weight excluding hydrogens is 270 g/mol. The van der Waals surface area contributed by atoms with E-state index in [0.29, 0.717) is 0 Å². The Morgan fingerprint density at radius 2 is 0.857 bits per heavy atom. The molecule has 0 unspecified atom stereocenters. The Morgan fingerprint density at radius 3 is 0.857 bits per heavy atom. The number of hydrogen-bond acceptors (Lipinski definition) is 4. The van der Waals surface area contributed by atoms with Gasteiger partial charge in [0.15, 0.2) is 0 Å². The molecule has 14 heavy (non-hydrogen) atoms. The minimum Gasteiger partial charge on any atom is -1.00 e. The van der Waals surface area contributed by atoms with Crippen LogP contribution in [0, 0.1) is 0 Å². The molecule has 0 heterocycles. The van der Waals surface area contributed by atoms with Gasteiger partial charge < -0.3 is 30.2 Å². The fourth-order valence-corrected chi connectivity index (χ4v) is 0. The molecule has 0 aliphatic carbocycles. The van der Waals surface area contributed by atoms with Gasteiger partial charge in [0, 0.05) is 11.2 Å². The normalized spacial score (nSPS) is 4.57. The molecular formula is H16Na2O10S2. The average Bonchev–Trinajstić information content (AvgIpc) is 1.36. The fourth-order valence-electron chi connectivity index (χ4n) is 0. The van der Waals surface area contributed by atoms with E-state index in [2.05, 4.69) is 11.2 Å². The van der Waals surface area contributed by atoms with Crippen molar-refractivity contribution in [2.45, 2.75) is 0 Å². The van der Waals surface area contributed by atoms with Crippen molar-refractivity contribution in [1.29, 1.82) is 0 Å². The molecule has 0 aromatic heterocycles. The second kappa shape index (κ2) is 45.9. The van der Waals surface area contributed by atoms with Crippen molar-refractivity contribution in [3.8, 4) is 0 Å². The summed E-state index contributed by atoms with van der Waals surface area (Å²) in [5.74, 6) is 0. The zero-order valence-corrected chi connectivity index (χ0v) is 13.1. The summed E-state index contributed by atoms with van der Waals surface area (Å²) in [6.07, 6.45) is 0. The Balaban J connectivity index is -0.00000000242. The largest absolute Gasteiger partial charge is 1.00 e. The molecule has 90 valence electrons. The van der Waals surface area contributed by atoms with Crippen molar-refractivity contribution >= 4 is 20.2 Å². The van der Waals surface area contributed by atoms with Gasteiger partial charge in [-0.3, -0.25) is 19.6 Å². The van der Waals surface area contributed by atoms with Crippen molar-refractivity contribution in [1.82, 2.24) is 0 Å². The molecule has 0 aliphatic rings. The van der Waals surface area contributed by atoms with E-state index in [1.807, 2.05) is 0 Å². The van der Waals surface area contributed by atoms with Crippen molar-refractivity contribution in [2.24, 2.45) is 0 Å². The second-order valence-electron chi connectivity index (χ2n) is 0.448. The van der Waals surface area contributed by atoms with Crippen LogP contribution < -0.4 is 59.1 Å². The summed E-state index contributed by atoms with van der Waals surface area (Å²) in [5, 5.41) is 12.0. The third-order valence-corrected chi connectivity index (χ3v) is 0. The molecule has 0 bridgehead atoms. The summed E-state index contributed by atoms with van der Waals surface area (Å²) in [4.78, 5) is 0. The molecule has 0 aliphatic heterocycles. The van der Waals surface area contributed by atoms with Gasteiger partial charge in [-0.1, -0.05) is 0 Å². The van der Waals surface area contributed by atoms with Gasteiger partial charge in [0.2, 0.25) is 0 Å². The summed E-state index contributed by atoms with van der Waals surface area (Å²) in [7, 11) is -3.83. The molecule has 0 aromatic rings. The first kappa shape index (κ1) is 73.4. The maximum absolute atomic E-state index is 9.11. The van der Waals surface area contributed by atoms with Crippen molar-refractivity contribution in [2.75, 3.05) is 0 Å². The van der Waals surface area contributed by atoms with Gasteiger partial charge in [0.25, 0.3) is 9.05 Å². The maximum atomic E-state index is 9.11. The van der Waals surface area contributed by atoms with Crippen molar-refractivity contribution in [3.05, 3.63) is 0 Å². The summed E-state index contributed by atoms with van der Waals surface area (Å²) >= 11 is 3.47. The third kappa shape index (κ3) is 587. The van der Waals surface area contributed by atoms with E-state index in [0.717, 1.165) is 0 Å². The Hall–Kier alpha value is 2.01. The van der Waals surface area contributed by atoms with E-state index in [-0.39, 0.29) is 89.3 Å². The van der Waals surface area contributed by atoms with Gasteiger partial charge in [-0.15, -0.1) is 0 Å². The summed E-state index contributed by atoms with van der Waals surface area (Å²) < 4.78 is 24.0. The molecule has 0 saturated heterocycles. The van der Waals surface area contributed by atoms with Crippen LogP contribution in [0.2, 0.25) is 0 Å². The first-order valence-corrected chi connectivity index (χ1v) is 3.30. The standard InChI is InChI=1S/2Na.H2O3S2.H2O2.5H2O.2H/c;;1-5(2,3)4;1-2;;;;;;;/h;;(H2,1,2,3,4);1-2H;5*1H2;;/q2*+1;;;;;;;;2*-1. The molecule has 0 atom stereocenters. The quantitative estimate of drug-likeness (QED) is 0.190. The smallest absolute Gasteiger partial charge is 1.00 e. The Kier molecular flexibility index (Phi) is 241. The molecule has 10 nitrogen and oxygen atoms in total. The minimum absolute atomic E-state index is 0. The SMILES string of the molecule is O.O.O.O.O.O=S(O)(O)=S.OO.[H-].[H-].[Na+].[Na+]. The Bertz CT molecular complexity index is 108. The molecule has 14 N–H and O–H groups in total. The molecule has 0 rings (SSSR count). The van der Waals surface area contributed by atoms with Crippen LogP contribution >= 0.6 is 0 Å². The van der Waals surface area contributed by atoms with E-state index in [1.165, 1.54) is 0 Å². The van der Waals surface area contributed by atoms with E-state index in [9.17, 15) is 0 Å². The van der Waals surface area contributed by atoms with Crippen LogP contribution in [-0.4, -0.2) is 51.2 Å². The molecule has 0 radical (unpaired) electrons. The van der Waals surface area contributed by atoms with Crippen LogP contribution in [0.15, 0.2) is 0 Å². The topological polar surface area (TPSA) is 255 Å². The third-order valence-electron chi connectivity index (χ3n) is 0. The van der Waals surface area contributed by atoms with Gasteiger partial charge >= 0.3 is 59.1 Å². The molecule has 0 aromatic carbocycles. The first-order valence-electron chi connectivity index (χ1n) is 0.898. The molecule has 0 saturated carbocycles. The van der Waals surface area contributed by atoms with Crippen molar-refractivity contribution < 1.29 is 113 Å². The Labute approximate surface area is 132 Å². The van der Waals surface area contributed by atoms with Crippen LogP contribution in [0.25, 0.3) is 0 Å². The zero-order valence-electron chi connectivity index (χ0n) is 9.51. The van der Waals surface area contributed by atoms with E-state index in [4.69, 9.17) is 23.8 Å². The zero-order chi connectivity index (χ0) is 6.50. The second-order valence-corrected chi connectivity index (χ2v) is 2.65. The average molecular weight is 286 g/mol. The molecule has 0 amide bonds. The van der Waals surface area contributed by atoms with Crippen LogP contribution in [-0.2, 0) is 20.2 Å². The van der Waals surface area contributed by atoms with Crippen LogP contribution in [0.1, 0.15) is 2.85 Å². The Morgan fingerprint density at radius 1 is 0.857 bits per heavy atom. The van der Waals surface area contributed by atoms with Gasteiger partial charge in [-0.05, 0) is 0 Å². The number of hydrogen-bond donors (Lipinski definition) is 4. The van der Waals surface area contributed by atoms with Gasteiger partial charge in [-0.25, -0.2) is 0 Å². The maximum Gasteiger partial charge on any atom is 1.00 e. The van der Waals surface area contributed by atoms with Gasteiger partial charge in [0.1, 0.15) is 0 Å². The first-order chi connectivity index (χ1) is 3.00. The molecule has 0 fully saturated rings. The van der Waals surface area contributed by atoms with Crippen molar-refractivity contribution in [3.63, 3.8) is 0 Å². The predicted octanol–water partition coefficient (Wildman–Crippen LogP) is -10.2. The van der Waals surface area contributed by atoms with Crippen LogP contribution in [0.3, 0.4) is 0 Å². The predicted molar refractivity (Wildman–Crippen MR) is 46.3 cm³/mol. The monoisotopic (exact) mass is 286 g/mol. The fraction of sp³-hybridized carbons (Fsp3) is 0. The number of rotatable bonds is 0. The summed E-state index contributed by atoms with van der Waals surface area (Å²) in [5.41, 5.74) is 0. The summed E-state index contributed by atoms with van der Waals surface area (Å²) in [6.45, 7) is 0. The van der Waals surface area contributed by atoms with E-state index < -0.39 is 9.05 Å².